The van der Waals surface area contributed by atoms with Gasteiger partial charge in [0.2, 0.25) is 0 Å². The van der Waals surface area contributed by atoms with Crippen LogP contribution in [-0.4, -0.2) is 50.7 Å². The molecule has 1 amide bonds. The SMILES string of the molecule is CCNC(=O)c1noc(-c2cc(C(C)C)c(O)cc2O)c1-c1cc(COCC(=O)O)no1. The minimum absolute atomic E-state index is 0.0415. The molecular formula is C21H23N3O8. The van der Waals surface area contributed by atoms with Gasteiger partial charge in [-0.05, 0) is 24.5 Å². The van der Waals surface area contributed by atoms with Crippen LogP contribution in [-0.2, 0) is 16.1 Å². The molecule has 0 bridgehead atoms. The van der Waals surface area contributed by atoms with Gasteiger partial charge in [-0.2, -0.15) is 0 Å². The highest BCUT2D eigenvalue weighted by molar-refractivity contribution is 6.01. The van der Waals surface area contributed by atoms with Gasteiger partial charge in [-0.25, -0.2) is 4.79 Å². The largest absolute Gasteiger partial charge is 0.508 e. The van der Waals surface area contributed by atoms with Gasteiger partial charge in [-0.15, -0.1) is 0 Å². The lowest BCUT2D eigenvalue weighted by Gasteiger charge is -2.11. The van der Waals surface area contributed by atoms with E-state index < -0.39 is 18.5 Å². The monoisotopic (exact) mass is 445 g/mol. The minimum atomic E-state index is -1.13. The molecule has 32 heavy (non-hydrogen) atoms. The Morgan fingerprint density at radius 3 is 2.53 bits per heavy atom. The van der Waals surface area contributed by atoms with E-state index in [1.807, 2.05) is 13.8 Å². The van der Waals surface area contributed by atoms with Crippen molar-refractivity contribution >= 4 is 11.9 Å². The van der Waals surface area contributed by atoms with E-state index in [2.05, 4.69) is 15.6 Å². The molecule has 0 aliphatic rings. The van der Waals surface area contributed by atoms with Gasteiger partial charge in [-0.3, -0.25) is 4.79 Å². The van der Waals surface area contributed by atoms with Gasteiger partial charge in [0.05, 0.1) is 12.2 Å². The second kappa shape index (κ2) is 9.52. The Bertz CT molecular complexity index is 1130. The number of rotatable bonds is 9. The lowest BCUT2D eigenvalue weighted by atomic mass is 9.95. The highest BCUT2D eigenvalue weighted by Gasteiger charge is 2.29. The van der Waals surface area contributed by atoms with E-state index in [-0.39, 0.29) is 58.1 Å². The fourth-order valence-corrected chi connectivity index (χ4v) is 3.08. The molecule has 1 aromatic carbocycles. The minimum Gasteiger partial charge on any atom is -0.508 e. The number of aromatic nitrogens is 2. The fraction of sp³-hybridized carbons (Fsp3) is 0.333. The molecule has 0 spiro atoms. The first-order valence-corrected chi connectivity index (χ1v) is 9.82. The summed E-state index contributed by atoms with van der Waals surface area (Å²) in [6, 6.07) is 4.20. The van der Waals surface area contributed by atoms with Gasteiger partial charge < -0.3 is 34.4 Å². The summed E-state index contributed by atoms with van der Waals surface area (Å²) in [7, 11) is 0. The Labute approximate surface area is 182 Å². The number of phenolic OH excluding ortho intramolecular Hbond substituents is 2. The van der Waals surface area contributed by atoms with Gasteiger partial charge >= 0.3 is 5.97 Å². The third-order valence-corrected chi connectivity index (χ3v) is 4.54. The summed E-state index contributed by atoms with van der Waals surface area (Å²) in [6.45, 7) is 5.19. The maximum Gasteiger partial charge on any atom is 0.329 e. The van der Waals surface area contributed by atoms with Crippen LogP contribution in [0, 0.1) is 0 Å². The van der Waals surface area contributed by atoms with E-state index in [0.29, 0.717) is 12.1 Å². The normalized spacial score (nSPS) is 11.1. The number of aromatic hydroxyl groups is 2. The summed E-state index contributed by atoms with van der Waals surface area (Å²) in [5.41, 5.74) is 1.09. The number of hydrogen-bond acceptors (Lipinski definition) is 9. The summed E-state index contributed by atoms with van der Waals surface area (Å²) in [5.74, 6) is -1.93. The van der Waals surface area contributed by atoms with E-state index >= 15 is 0 Å². The summed E-state index contributed by atoms with van der Waals surface area (Å²) in [5, 5.41) is 39.6. The molecule has 0 aliphatic heterocycles. The Morgan fingerprint density at radius 1 is 1.12 bits per heavy atom. The molecule has 0 saturated heterocycles. The number of hydrogen-bond donors (Lipinski definition) is 4. The number of benzene rings is 1. The zero-order chi connectivity index (χ0) is 23.4. The maximum atomic E-state index is 12.6. The number of carbonyl (C=O) groups excluding carboxylic acids is 1. The summed E-state index contributed by atoms with van der Waals surface area (Å²) in [6.07, 6.45) is 0. The number of carboxylic acids is 1. The zero-order valence-corrected chi connectivity index (χ0v) is 17.7. The van der Waals surface area contributed by atoms with Gasteiger partial charge in [0.25, 0.3) is 5.91 Å². The van der Waals surface area contributed by atoms with Crippen LogP contribution in [0.5, 0.6) is 11.5 Å². The molecule has 2 aromatic heterocycles. The number of phenols is 2. The molecule has 0 saturated carbocycles. The summed E-state index contributed by atoms with van der Waals surface area (Å²) < 4.78 is 15.8. The van der Waals surface area contributed by atoms with Crippen molar-refractivity contribution in [3.8, 4) is 34.1 Å². The number of nitrogens with zero attached hydrogens (tertiary/aromatic N) is 2. The molecule has 2 heterocycles. The van der Waals surface area contributed by atoms with Crippen molar-refractivity contribution < 1.29 is 38.7 Å². The molecule has 0 unspecified atom stereocenters. The Kier molecular flexibility index (Phi) is 6.79. The summed E-state index contributed by atoms with van der Waals surface area (Å²) in [4.78, 5) is 23.2. The van der Waals surface area contributed by atoms with Crippen molar-refractivity contribution in [1.82, 2.24) is 15.6 Å². The second-order valence-electron chi connectivity index (χ2n) is 7.25. The molecule has 11 nitrogen and oxygen atoms in total. The van der Waals surface area contributed by atoms with Crippen LogP contribution in [0.2, 0.25) is 0 Å². The van der Waals surface area contributed by atoms with Crippen LogP contribution in [0.15, 0.2) is 27.2 Å². The zero-order valence-electron chi connectivity index (χ0n) is 17.7. The average Bonchev–Trinajstić information content (AvgIpc) is 3.34. The van der Waals surface area contributed by atoms with E-state index in [1.54, 1.807) is 13.0 Å². The first-order valence-electron chi connectivity index (χ1n) is 9.82. The number of amides is 1. The number of nitrogens with one attached hydrogen (secondary N) is 1. The third kappa shape index (κ3) is 4.72. The Hall–Kier alpha value is -3.86. The number of carbonyl (C=O) groups is 2. The smallest absolute Gasteiger partial charge is 0.329 e. The third-order valence-electron chi connectivity index (χ3n) is 4.54. The van der Waals surface area contributed by atoms with E-state index in [9.17, 15) is 19.8 Å². The quantitative estimate of drug-likeness (QED) is 0.384. The van der Waals surface area contributed by atoms with E-state index in [4.69, 9.17) is 18.9 Å². The molecule has 11 heteroatoms. The molecule has 0 aliphatic carbocycles. The second-order valence-corrected chi connectivity index (χ2v) is 7.25. The lowest BCUT2D eigenvalue weighted by Crippen LogP contribution is -2.23. The van der Waals surface area contributed by atoms with Gasteiger partial charge in [0.1, 0.15) is 29.4 Å². The molecule has 0 atom stereocenters. The van der Waals surface area contributed by atoms with Crippen molar-refractivity contribution in [3.05, 3.63) is 35.2 Å². The van der Waals surface area contributed by atoms with Crippen LogP contribution < -0.4 is 5.32 Å². The van der Waals surface area contributed by atoms with Crippen molar-refractivity contribution in [2.45, 2.75) is 33.3 Å². The molecule has 0 fully saturated rings. The first-order chi connectivity index (χ1) is 15.2. The average molecular weight is 445 g/mol. The van der Waals surface area contributed by atoms with Crippen molar-refractivity contribution in [2.24, 2.45) is 0 Å². The number of carboxylic acid groups (broad SMARTS) is 1. The van der Waals surface area contributed by atoms with Gasteiger partial charge in [0.15, 0.2) is 17.2 Å². The van der Waals surface area contributed by atoms with Crippen LogP contribution in [0.25, 0.3) is 22.6 Å². The van der Waals surface area contributed by atoms with Crippen molar-refractivity contribution in [2.75, 3.05) is 13.2 Å². The number of ether oxygens (including phenoxy) is 1. The lowest BCUT2D eigenvalue weighted by molar-refractivity contribution is -0.142. The van der Waals surface area contributed by atoms with E-state index in [0.717, 1.165) is 0 Å². The highest BCUT2D eigenvalue weighted by Crippen LogP contribution is 2.43. The van der Waals surface area contributed by atoms with E-state index in [1.165, 1.54) is 12.1 Å². The molecule has 0 radical (unpaired) electrons. The van der Waals surface area contributed by atoms with Crippen molar-refractivity contribution in [1.29, 1.82) is 0 Å². The molecule has 4 N–H and O–H groups in total. The maximum absolute atomic E-state index is 12.6. The predicted molar refractivity (Wildman–Crippen MR) is 110 cm³/mol. The molecule has 170 valence electrons. The van der Waals surface area contributed by atoms with Gasteiger partial charge in [-0.1, -0.05) is 24.2 Å². The first kappa shape index (κ1) is 22.8. The summed E-state index contributed by atoms with van der Waals surface area (Å²) >= 11 is 0. The molecule has 3 aromatic rings. The van der Waals surface area contributed by atoms with Crippen LogP contribution in [0.3, 0.4) is 0 Å². The van der Waals surface area contributed by atoms with Crippen LogP contribution in [0.1, 0.15) is 48.4 Å². The topological polar surface area (TPSA) is 168 Å². The number of aliphatic carboxylic acids is 1. The predicted octanol–water partition coefficient (Wildman–Crippen LogP) is 2.88. The fourth-order valence-electron chi connectivity index (χ4n) is 3.08. The highest BCUT2D eigenvalue weighted by atomic mass is 16.5. The Balaban J connectivity index is 2.10. The molecule has 3 rings (SSSR count). The van der Waals surface area contributed by atoms with Crippen molar-refractivity contribution in [3.63, 3.8) is 0 Å². The Morgan fingerprint density at radius 2 is 1.88 bits per heavy atom. The van der Waals surface area contributed by atoms with Crippen LogP contribution >= 0.6 is 0 Å². The standard InChI is InChI=1S/C21H23N3O8/c1-4-22-21(29)19-18(16-5-11(23-31-16)8-30-9-17(27)28)20(32-24-19)13-6-12(10(2)3)14(25)7-15(13)26/h5-7,10,25-26H,4,8-9H2,1-3H3,(H,22,29)(H,27,28). The van der Waals surface area contributed by atoms with Gasteiger partial charge in [0, 0.05) is 18.7 Å². The van der Waals surface area contributed by atoms with Crippen LogP contribution in [0.4, 0.5) is 0 Å². The molecular weight excluding hydrogens is 422 g/mol.